The number of carbonyl (C=O) groups excluding carboxylic acids is 3. The quantitative estimate of drug-likeness (QED) is 0.493. The van der Waals surface area contributed by atoms with Gasteiger partial charge in [0.2, 0.25) is 5.91 Å². The van der Waals surface area contributed by atoms with Crippen LogP contribution in [0.1, 0.15) is 27.8 Å². The van der Waals surface area contributed by atoms with Gasteiger partial charge in [-0.2, -0.15) is 0 Å². The van der Waals surface area contributed by atoms with Crippen molar-refractivity contribution in [2.24, 2.45) is 0 Å². The first-order chi connectivity index (χ1) is 16.8. The zero-order valence-electron chi connectivity index (χ0n) is 20.1. The van der Waals surface area contributed by atoms with E-state index in [1.807, 2.05) is 86.6 Å². The Kier molecular flexibility index (Phi) is 6.87. The summed E-state index contributed by atoms with van der Waals surface area (Å²) in [5, 5.41) is 5.69. The van der Waals surface area contributed by atoms with Gasteiger partial charge in [-0.15, -0.1) is 0 Å². The number of hydrogen-bond acceptors (Lipinski definition) is 4. The molecule has 2 N–H and O–H groups in total. The lowest BCUT2D eigenvalue weighted by Gasteiger charge is -2.28. The van der Waals surface area contributed by atoms with Gasteiger partial charge in [0, 0.05) is 6.54 Å². The molecule has 0 radical (unpaired) electrons. The minimum atomic E-state index is -1.39. The number of rotatable bonds is 8. The second kappa shape index (κ2) is 10.0. The molecule has 1 saturated heterocycles. The van der Waals surface area contributed by atoms with Crippen molar-refractivity contribution in [2.45, 2.75) is 25.8 Å². The minimum absolute atomic E-state index is 0.354. The molecule has 7 heteroatoms. The third kappa shape index (κ3) is 4.89. The summed E-state index contributed by atoms with van der Waals surface area (Å²) in [6, 6.07) is 22.0. The Labute approximate surface area is 205 Å². The zero-order valence-corrected chi connectivity index (χ0v) is 20.1. The van der Waals surface area contributed by atoms with Gasteiger partial charge in [0.05, 0.1) is 7.11 Å². The molecule has 0 bridgehead atoms. The number of nitrogens with zero attached hydrogens (tertiary/aromatic N) is 1. The molecule has 3 aromatic carbocycles. The molecule has 4 rings (SSSR count). The van der Waals surface area contributed by atoms with Crippen LogP contribution in [0.4, 0.5) is 4.79 Å². The zero-order chi connectivity index (χ0) is 25.0. The first-order valence-corrected chi connectivity index (χ1v) is 11.5. The standard InChI is InChI=1S/C28H29N3O4/c1-19-4-10-22(11-5-19)28(23-12-6-20(2)7-13-23)26(33)31(27(34)30-28)18-25(32)29-17-16-21-8-14-24(35-3)15-9-21/h4-15H,16-18H2,1-3H3,(H,29,32)(H,30,34). The predicted octanol–water partition coefficient (Wildman–Crippen LogP) is 3.47. The monoisotopic (exact) mass is 471 g/mol. The van der Waals surface area contributed by atoms with Gasteiger partial charge in [-0.05, 0) is 49.1 Å². The van der Waals surface area contributed by atoms with E-state index in [0.29, 0.717) is 24.1 Å². The van der Waals surface area contributed by atoms with E-state index in [1.165, 1.54) is 0 Å². The average Bonchev–Trinajstić information content (AvgIpc) is 3.11. The molecule has 0 atom stereocenters. The molecule has 1 aliphatic heterocycles. The number of amides is 4. The van der Waals surface area contributed by atoms with E-state index < -0.39 is 23.4 Å². The van der Waals surface area contributed by atoms with Crippen molar-refractivity contribution in [3.05, 3.63) is 101 Å². The second-order valence-corrected chi connectivity index (χ2v) is 8.75. The molecule has 4 amide bonds. The topological polar surface area (TPSA) is 87.7 Å². The molecule has 1 aliphatic rings. The fourth-order valence-electron chi connectivity index (χ4n) is 4.22. The van der Waals surface area contributed by atoms with E-state index in [2.05, 4.69) is 10.6 Å². The van der Waals surface area contributed by atoms with Crippen molar-refractivity contribution in [2.75, 3.05) is 20.2 Å². The first kappa shape index (κ1) is 24.0. The lowest BCUT2D eigenvalue weighted by molar-refractivity contribution is -0.134. The fourth-order valence-corrected chi connectivity index (χ4v) is 4.22. The molecular formula is C28H29N3O4. The summed E-state index contributed by atoms with van der Waals surface area (Å²) in [6.45, 7) is 3.95. The van der Waals surface area contributed by atoms with Crippen molar-refractivity contribution in [1.82, 2.24) is 15.5 Å². The number of aryl methyl sites for hydroxylation is 2. The summed E-state index contributed by atoms with van der Waals surface area (Å²) in [6.07, 6.45) is 0.618. The maximum absolute atomic E-state index is 13.8. The molecule has 1 heterocycles. The van der Waals surface area contributed by atoms with Gasteiger partial charge < -0.3 is 15.4 Å². The Balaban J connectivity index is 1.50. The molecule has 0 aromatic heterocycles. The number of benzene rings is 3. The van der Waals surface area contributed by atoms with Crippen LogP contribution < -0.4 is 15.4 Å². The SMILES string of the molecule is COc1ccc(CCNC(=O)CN2C(=O)NC(c3ccc(C)cc3)(c3ccc(C)cc3)C2=O)cc1. The Bertz CT molecular complexity index is 1170. The van der Waals surface area contributed by atoms with Crippen molar-refractivity contribution < 1.29 is 19.1 Å². The highest BCUT2D eigenvalue weighted by atomic mass is 16.5. The van der Waals surface area contributed by atoms with Gasteiger partial charge in [0.15, 0.2) is 5.54 Å². The molecule has 0 aliphatic carbocycles. The predicted molar refractivity (Wildman–Crippen MR) is 133 cm³/mol. The van der Waals surface area contributed by atoms with Crippen LogP contribution in [0.2, 0.25) is 0 Å². The Morgan fingerprint density at radius 2 is 1.43 bits per heavy atom. The highest BCUT2D eigenvalue weighted by Crippen LogP contribution is 2.36. The number of methoxy groups -OCH3 is 1. The third-order valence-corrected chi connectivity index (χ3v) is 6.27. The van der Waals surface area contributed by atoms with Crippen LogP contribution in [0.3, 0.4) is 0 Å². The molecule has 0 saturated carbocycles. The fraction of sp³-hybridized carbons (Fsp3) is 0.250. The molecule has 180 valence electrons. The highest BCUT2D eigenvalue weighted by molar-refractivity contribution is 6.11. The maximum atomic E-state index is 13.8. The molecule has 7 nitrogen and oxygen atoms in total. The normalized spacial score (nSPS) is 14.5. The number of urea groups is 1. The molecule has 1 fully saturated rings. The van der Waals surface area contributed by atoms with Crippen LogP contribution in [0, 0.1) is 13.8 Å². The van der Waals surface area contributed by atoms with Crippen LogP contribution in [-0.4, -0.2) is 42.9 Å². The maximum Gasteiger partial charge on any atom is 0.326 e. The smallest absolute Gasteiger partial charge is 0.326 e. The molecule has 0 spiro atoms. The molecule has 3 aromatic rings. The Morgan fingerprint density at radius 3 is 1.94 bits per heavy atom. The van der Waals surface area contributed by atoms with Gasteiger partial charge in [0.1, 0.15) is 12.3 Å². The van der Waals surface area contributed by atoms with Crippen LogP contribution in [0.25, 0.3) is 0 Å². The molecule has 0 unspecified atom stereocenters. The van der Waals surface area contributed by atoms with Gasteiger partial charge in [-0.3, -0.25) is 14.5 Å². The number of hydrogen-bond donors (Lipinski definition) is 2. The Hall–Kier alpha value is -4.13. The van der Waals surface area contributed by atoms with Crippen LogP contribution in [-0.2, 0) is 21.5 Å². The molecule has 35 heavy (non-hydrogen) atoms. The minimum Gasteiger partial charge on any atom is -0.497 e. The average molecular weight is 472 g/mol. The van der Waals surface area contributed by atoms with Crippen molar-refractivity contribution in [3.8, 4) is 5.75 Å². The van der Waals surface area contributed by atoms with Gasteiger partial charge in [0.25, 0.3) is 5.91 Å². The molecular weight excluding hydrogens is 442 g/mol. The lowest BCUT2D eigenvalue weighted by Crippen LogP contribution is -2.46. The summed E-state index contributed by atoms with van der Waals surface area (Å²) in [5.41, 5.74) is 3.02. The summed E-state index contributed by atoms with van der Waals surface area (Å²) in [7, 11) is 1.61. The third-order valence-electron chi connectivity index (χ3n) is 6.27. The summed E-state index contributed by atoms with van der Waals surface area (Å²) >= 11 is 0. The van der Waals surface area contributed by atoms with E-state index in [9.17, 15) is 14.4 Å². The largest absolute Gasteiger partial charge is 0.497 e. The number of imide groups is 1. The van der Waals surface area contributed by atoms with Gasteiger partial charge >= 0.3 is 6.03 Å². The summed E-state index contributed by atoms with van der Waals surface area (Å²) in [5.74, 6) is -0.104. The van der Waals surface area contributed by atoms with E-state index in [0.717, 1.165) is 27.3 Å². The summed E-state index contributed by atoms with van der Waals surface area (Å²) < 4.78 is 5.15. The summed E-state index contributed by atoms with van der Waals surface area (Å²) in [4.78, 5) is 40.4. The van der Waals surface area contributed by atoms with E-state index in [4.69, 9.17) is 4.74 Å². The van der Waals surface area contributed by atoms with Crippen LogP contribution in [0.15, 0.2) is 72.8 Å². The first-order valence-electron chi connectivity index (χ1n) is 11.5. The van der Waals surface area contributed by atoms with Crippen LogP contribution in [0.5, 0.6) is 5.75 Å². The van der Waals surface area contributed by atoms with Crippen molar-refractivity contribution in [3.63, 3.8) is 0 Å². The van der Waals surface area contributed by atoms with E-state index in [-0.39, 0.29) is 6.54 Å². The van der Waals surface area contributed by atoms with Crippen molar-refractivity contribution in [1.29, 1.82) is 0 Å². The highest BCUT2D eigenvalue weighted by Gasteiger charge is 2.54. The Morgan fingerprint density at radius 1 is 0.886 bits per heavy atom. The van der Waals surface area contributed by atoms with Crippen molar-refractivity contribution >= 4 is 17.8 Å². The lowest BCUT2D eigenvalue weighted by atomic mass is 9.82. The number of nitrogens with one attached hydrogen (secondary N) is 2. The van der Waals surface area contributed by atoms with Crippen LogP contribution >= 0.6 is 0 Å². The number of ether oxygens (including phenoxy) is 1. The van der Waals surface area contributed by atoms with Gasteiger partial charge in [-0.1, -0.05) is 71.8 Å². The van der Waals surface area contributed by atoms with Gasteiger partial charge in [-0.25, -0.2) is 4.79 Å². The van der Waals surface area contributed by atoms with E-state index >= 15 is 0 Å². The second-order valence-electron chi connectivity index (χ2n) is 8.75. The number of carbonyl (C=O) groups is 3. The van der Waals surface area contributed by atoms with E-state index in [1.54, 1.807) is 7.11 Å².